The van der Waals surface area contributed by atoms with Crippen molar-refractivity contribution in [2.24, 2.45) is 0 Å². The molecular formula is C17H19N3O3. The number of aryl methyl sites for hydroxylation is 1. The maximum absolute atomic E-state index is 11.9. The fourth-order valence-corrected chi connectivity index (χ4v) is 2.05. The number of carbonyl (C=O) groups excluding carboxylic acids is 2. The van der Waals surface area contributed by atoms with Crippen molar-refractivity contribution in [1.82, 2.24) is 9.88 Å². The zero-order chi connectivity index (χ0) is 16.7. The van der Waals surface area contributed by atoms with Gasteiger partial charge >= 0.3 is 0 Å². The van der Waals surface area contributed by atoms with E-state index >= 15 is 0 Å². The third kappa shape index (κ3) is 4.81. The summed E-state index contributed by atoms with van der Waals surface area (Å²) in [4.78, 5) is 35.4. The first kappa shape index (κ1) is 16.5. The second kappa shape index (κ2) is 7.93. The molecule has 0 saturated carbocycles. The van der Waals surface area contributed by atoms with E-state index in [0.29, 0.717) is 17.8 Å². The van der Waals surface area contributed by atoms with Crippen molar-refractivity contribution in [3.8, 4) is 0 Å². The molecule has 0 saturated heterocycles. The molecule has 0 unspecified atom stereocenters. The van der Waals surface area contributed by atoms with Crippen LogP contribution in [0.2, 0.25) is 0 Å². The number of hydrogen-bond acceptors (Lipinski definition) is 3. The summed E-state index contributed by atoms with van der Waals surface area (Å²) >= 11 is 0. The van der Waals surface area contributed by atoms with Gasteiger partial charge in [-0.2, -0.15) is 0 Å². The first-order chi connectivity index (χ1) is 11.1. The largest absolute Gasteiger partial charge is 0.352 e. The molecule has 0 aliphatic carbocycles. The summed E-state index contributed by atoms with van der Waals surface area (Å²) < 4.78 is 1.50. The number of hydrogen-bond donors (Lipinski definition) is 2. The third-order valence-electron chi connectivity index (χ3n) is 3.29. The summed E-state index contributed by atoms with van der Waals surface area (Å²) in [6, 6.07) is 12.0. The topological polar surface area (TPSA) is 80.2 Å². The number of rotatable bonds is 6. The van der Waals surface area contributed by atoms with Crippen LogP contribution in [-0.2, 0) is 11.3 Å². The standard InChI is InChI=1S/C17H19N3O3/c1-2-20-11-9-13(12-16(20)22)17(23)18-10-8-15(21)19-14-6-4-3-5-7-14/h3-7,9,11-12H,2,8,10H2,1H3,(H,18,23)(H,19,21). The van der Waals surface area contributed by atoms with Gasteiger partial charge in [0.05, 0.1) is 0 Å². The molecule has 2 rings (SSSR count). The normalized spacial score (nSPS) is 10.1. The van der Waals surface area contributed by atoms with Gasteiger partial charge in [0, 0.05) is 43.0 Å². The van der Waals surface area contributed by atoms with Gasteiger partial charge in [0.15, 0.2) is 0 Å². The van der Waals surface area contributed by atoms with Crippen LogP contribution in [0.5, 0.6) is 0 Å². The number of nitrogens with zero attached hydrogens (tertiary/aromatic N) is 1. The first-order valence-electron chi connectivity index (χ1n) is 7.43. The number of aromatic nitrogens is 1. The van der Waals surface area contributed by atoms with Crippen molar-refractivity contribution in [2.45, 2.75) is 19.9 Å². The van der Waals surface area contributed by atoms with Gasteiger partial charge in [-0.3, -0.25) is 14.4 Å². The average molecular weight is 313 g/mol. The fourth-order valence-electron chi connectivity index (χ4n) is 2.05. The van der Waals surface area contributed by atoms with E-state index in [4.69, 9.17) is 0 Å². The van der Waals surface area contributed by atoms with Gasteiger partial charge in [0.1, 0.15) is 0 Å². The molecule has 2 N–H and O–H groups in total. The Labute approximate surface area is 134 Å². The van der Waals surface area contributed by atoms with Crippen LogP contribution in [-0.4, -0.2) is 22.9 Å². The highest BCUT2D eigenvalue weighted by Crippen LogP contribution is 2.05. The Balaban J connectivity index is 1.81. The molecule has 0 spiro atoms. The zero-order valence-electron chi connectivity index (χ0n) is 12.9. The summed E-state index contributed by atoms with van der Waals surface area (Å²) in [5.41, 5.74) is 0.789. The fraction of sp³-hybridized carbons (Fsp3) is 0.235. The lowest BCUT2D eigenvalue weighted by molar-refractivity contribution is -0.116. The summed E-state index contributed by atoms with van der Waals surface area (Å²) in [7, 11) is 0. The predicted octanol–water partition coefficient (Wildman–Crippen LogP) is 1.63. The second-order valence-electron chi connectivity index (χ2n) is 4.96. The summed E-state index contributed by atoms with van der Waals surface area (Å²) in [5, 5.41) is 5.37. The van der Waals surface area contributed by atoms with Crippen molar-refractivity contribution in [2.75, 3.05) is 11.9 Å². The SMILES string of the molecule is CCn1ccc(C(=O)NCCC(=O)Nc2ccccc2)cc1=O. The van der Waals surface area contributed by atoms with E-state index in [0.717, 1.165) is 0 Å². The maximum atomic E-state index is 11.9. The molecule has 2 amide bonds. The van der Waals surface area contributed by atoms with Crippen molar-refractivity contribution >= 4 is 17.5 Å². The van der Waals surface area contributed by atoms with Crippen molar-refractivity contribution in [1.29, 1.82) is 0 Å². The molecule has 2 aromatic rings. The monoisotopic (exact) mass is 313 g/mol. The zero-order valence-corrected chi connectivity index (χ0v) is 12.9. The van der Waals surface area contributed by atoms with Gasteiger partial charge in [-0.05, 0) is 25.1 Å². The quantitative estimate of drug-likeness (QED) is 0.850. The lowest BCUT2D eigenvalue weighted by Crippen LogP contribution is -2.29. The van der Waals surface area contributed by atoms with Gasteiger partial charge in [-0.1, -0.05) is 18.2 Å². The molecule has 1 heterocycles. The van der Waals surface area contributed by atoms with Crippen LogP contribution in [0.4, 0.5) is 5.69 Å². The van der Waals surface area contributed by atoms with E-state index in [1.54, 1.807) is 24.4 Å². The van der Waals surface area contributed by atoms with Crippen LogP contribution in [0, 0.1) is 0 Å². The lowest BCUT2D eigenvalue weighted by Gasteiger charge is -2.07. The van der Waals surface area contributed by atoms with Gasteiger partial charge in [0.2, 0.25) is 5.91 Å². The minimum absolute atomic E-state index is 0.159. The van der Waals surface area contributed by atoms with Crippen molar-refractivity contribution in [3.63, 3.8) is 0 Å². The molecule has 6 heteroatoms. The molecule has 23 heavy (non-hydrogen) atoms. The second-order valence-corrected chi connectivity index (χ2v) is 4.96. The van der Waals surface area contributed by atoms with Crippen LogP contribution >= 0.6 is 0 Å². The molecule has 0 fully saturated rings. The molecule has 0 radical (unpaired) electrons. The number of benzene rings is 1. The highest BCUT2D eigenvalue weighted by Gasteiger charge is 2.08. The van der Waals surface area contributed by atoms with Gasteiger partial charge in [-0.25, -0.2) is 0 Å². The van der Waals surface area contributed by atoms with E-state index in [1.807, 2.05) is 25.1 Å². The Morgan fingerprint density at radius 1 is 1.13 bits per heavy atom. The summed E-state index contributed by atoms with van der Waals surface area (Å²) in [6.45, 7) is 2.61. The van der Waals surface area contributed by atoms with E-state index in [2.05, 4.69) is 10.6 Å². The highest BCUT2D eigenvalue weighted by molar-refractivity contribution is 5.95. The van der Waals surface area contributed by atoms with Crippen LogP contribution < -0.4 is 16.2 Å². The first-order valence-corrected chi connectivity index (χ1v) is 7.43. The molecular weight excluding hydrogens is 294 g/mol. The number of amides is 2. The molecule has 6 nitrogen and oxygen atoms in total. The van der Waals surface area contributed by atoms with Crippen LogP contribution in [0.15, 0.2) is 53.5 Å². The van der Waals surface area contributed by atoms with Crippen molar-refractivity contribution in [3.05, 3.63) is 64.6 Å². The molecule has 0 bridgehead atoms. The van der Waals surface area contributed by atoms with Crippen LogP contribution in [0.25, 0.3) is 0 Å². The minimum Gasteiger partial charge on any atom is -0.352 e. The maximum Gasteiger partial charge on any atom is 0.251 e. The number of carbonyl (C=O) groups is 2. The Morgan fingerprint density at radius 3 is 2.52 bits per heavy atom. The molecule has 1 aromatic carbocycles. The van der Waals surface area contributed by atoms with E-state index in [-0.39, 0.29) is 30.3 Å². The minimum atomic E-state index is -0.363. The Kier molecular flexibility index (Phi) is 5.68. The van der Waals surface area contributed by atoms with E-state index in [9.17, 15) is 14.4 Å². The van der Waals surface area contributed by atoms with E-state index < -0.39 is 0 Å². The smallest absolute Gasteiger partial charge is 0.251 e. The van der Waals surface area contributed by atoms with Gasteiger partial charge in [0.25, 0.3) is 11.5 Å². The number of nitrogens with one attached hydrogen (secondary N) is 2. The number of anilines is 1. The highest BCUT2D eigenvalue weighted by atomic mass is 16.2. The Hall–Kier alpha value is -2.89. The lowest BCUT2D eigenvalue weighted by atomic mass is 10.2. The van der Waals surface area contributed by atoms with Gasteiger partial charge < -0.3 is 15.2 Å². The predicted molar refractivity (Wildman–Crippen MR) is 88.4 cm³/mol. The number of para-hydroxylation sites is 1. The summed E-state index contributed by atoms with van der Waals surface area (Å²) in [6.07, 6.45) is 1.74. The average Bonchev–Trinajstić information content (AvgIpc) is 2.55. The Bertz CT molecular complexity index is 738. The van der Waals surface area contributed by atoms with E-state index in [1.165, 1.54) is 10.6 Å². The van der Waals surface area contributed by atoms with Crippen LogP contribution in [0.3, 0.4) is 0 Å². The number of pyridine rings is 1. The molecule has 1 aromatic heterocycles. The summed E-state index contributed by atoms with van der Waals surface area (Å²) in [5.74, 6) is -0.546. The third-order valence-corrected chi connectivity index (χ3v) is 3.29. The van der Waals surface area contributed by atoms with Crippen LogP contribution in [0.1, 0.15) is 23.7 Å². The molecule has 120 valence electrons. The van der Waals surface area contributed by atoms with Crippen molar-refractivity contribution < 1.29 is 9.59 Å². The molecule has 0 atom stereocenters. The molecule has 0 aliphatic heterocycles. The van der Waals surface area contributed by atoms with Gasteiger partial charge in [-0.15, -0.1) is 0 Å². The molecule has 0 aliphatic rings. The Morgan fingerprint density at radius 2 is 1.87 bits per heavy atom.